The fraction of sp³-hybridized carbons (Fsp3) is 0.182. The van der Waals surface area contributed by atoms with E-state index >= 15 is 0 Å². The van der Waals surface area contributed by atoms with Crippen LogP contribution in [-0.2, 0) is 48.4 Å². The van der Waals surface area contributed by atoms with Crippen molar-refractivity contribution in [3.63, 3.8) is 0 Å². The molecule has 0 saturated heterocycles. The highest BCUT2D eigenvalue weighted by Gasteiger charge is 2.16. The van der Waals surface area contributed by atoms with Crippen LogP contribution in [0.25, 0.3) is 0 Å². The number of hydrogen-bond acceptors (Lipinski definition) is 3. The summed E-state index contributed by atoms with van der Waals surface area (Å²) in [7, 11) is 0. The molecule has 6 aromatic carbocycles. The van der Waals surface area contributed by atoms with Gasteiger partial charge in [0.1, 0.15) is 11.5 Å². The van der Waals surface area contributed by atoms with Gasteiger partial charge in [0.2, 0.25) is 0 Å². The van der Waals surface area contributed by atoms with Gasteiger partial charge in [-0.15, -0.1) is 0 Å². The fourth-order valence-corrected chi connectivity index (χ4v) is 5.94. The Hall–Kier alpha value is -4.96. The van der Waals surface area contributed by atoms with Crippen LogP contribution >= 0.6 is 0 Å². The summed E-state index contributed by atoms with van der Waals surface area (Å²) in [5.41, 5.74) is 9.78. The van der Waals surface area contributed by atoms with Gasteiger partial charge in [0, 0.05) is 11.1 Å². The Bertz CT molecular complexity index is 1650. The molecule has 0 saturated carbocycles. The summed E-state index contributed by atoms with van der Waals surface area (Å²) in [5, 5.41) is 0. The van der Waals surface area contributed by atoms with E-state index in [1.54, 1.807) is 0 Å². The third-order valence-electron chi connectivity index (χ3n) is 8.37. The van der Waals surface area contributed by atoms with Crippen molar-refractivity contribution in [2.24, 2.45) is 0 Å². The van der Waals surface area contributed by atoms with Crippen molar-refractivity contribution in [1.82, 2.24) is 0 Å². The molecular weight excluding hydrogens is 576 g/mol. The van der Waals surface area contributed by atoms with Gasteiger partial charge >= 0.3 is 0 Å². The van der Waals surface area contributed by atoms with Crippen molar-refractivity contribution in [3.8, 4) is 11.5 Å². The first-order valence-corrected chi connectivity index (χ1v) is 16.5. The van der Waals surface area contributed by atoms with E-state index in [-0.39, 0.29) is 0 Å². The Morgan fingerprint density at radius 2 is 0.702 bits per heavy atom. The van der Waals surface area contributed by atoms with Crippen molar-refractivity contribution in [1.29, 1.82) is 0 Å². The molecule has 0 unspecified atom stereocenters. The molecule has 0 radical (unpaired) electrons. The normalized spacial score (nSPS) is 11.0. The number of hydrogen-bond donors (Lipinski definition) is 0. The van der Waals surface area contributed by atoms with Crippen LogP contribution in [0.3, 0.4) is 0 Å². The smallest absolute Gasteiger partial charge is 0.131 e. The first-order valence-electron chi connectivity index (χ1n) is 16.5. The standard InChI is InChI=1S/C44H42O3/c1-5-15-35(16-6-1)31-39-23-13-25-43(41(39)27-29-45-33-37-19-9-3-10-20-37)47-44-26-14-24-40(32-36-17-7-2-8-18-36)42(44)28-30-46-34-38-21-11-4-12-22-38/h1-26H,27-34H2. The van der Waals surface area contributed by atoms with Crippen LogP contribution in [0.2, 0.25) is 0 Å². The average molecular weight is 619 g/mol. The lowest BCUT2D eigenvalue weighted by Crippen LogP contribution is -2.07. The van der Waals surface area contributed by atoms with Crippen LogP contribution in [0.15, 0.2) is 158 Å². The lowest BCUT2D eigenvalue weighted by Gasteiger charge is -2.20. The van der Waals surface area contributed by atoms with Crippen LogP contribution < -0.4 is 4.74 Å². The molecule has 6 aromatic rings. The molecule has 0 amide bonds. The summed E-state index contributed by atoms with van der Waals surface area (Å²) < 4.78 is 19.3. The van der Waals surface area contributed by atoms with E-state index in [1.165, 1.54) is 44.5 Å². The summed E-state index contributed by atoms with van der Waals surface area (Å²) in [6.07, 6.45) is 3.18. The molecular formula is C44H42O3. The molecule has 3 heteroatoms. The van der Waals surface area contributed by atoms with Gasteiger partial charge in [0.05, 0.1) is 26.4 Å². The number of rotatable bonds is 16. The Balaban J connectivity index is 1.26. The molecule has 0 heterocycles. The van der Waals surface area contributed by atoms with Crippen LogP contribution in [0.1, 0.15) is 44.5 Å². The average Bonchev–Trinajstić information content (AvgIpc) is 3.12. The molecule has 0 aliphatic heterocycles. The summed E-state index contributed by atoms with van der Waals surface area (Å²) in [6, 6.07) is 54.8. The van der Waals surface area contributed by atoms with Crippen molar-refractivity contribution >= 4 is 0 Å². The fourth-order valence-electron chi connectivity index (χ4n) is 5.94. The van der Waals surface area contributed by atoms with Crippen molar-refractivity contribution < 1.29 is 14.2 Å². The molecule has 0 N–H and O–H groups in total. The van der Waals surface area contributed by atoms with Gasteiger partial charge in [-0.05, 0) is 71.2 Å². The van der Waals surface area contributed by atoms with Gasteiger partial charge in [0.25, 0.3) is 0 Å². The highest BCUT2D eigenvalue weighted by atomic mass is 16.5. The molecule has 0 atom stereocenters. The topological polar surface area (TPSA) is 27.7 Å². The van der Waals surface area contributed by atoms with Gasteiger partial charge in [0.15, 0.2) is 0 Å². The van der Waals surface area contributed by atoms with E-state index < -0.39 is 0 Å². The van der Waals surface area contributed by atoms with Crippen LogP contribution in [0.4, 0.5) is 0 Å². The van der Waals surface area contributed by atoms with Crippen molar-refractivity contribution in [3.05, 3.63) is 202 Å². The minimum absolute atomic E-state index is 0.590. The molecule has 0 spiro atoms. The van der Waals surface area contributed by atoms with Gasteiger partial charge in [-0.3, -0.25) is 0 Å². The largest absolute Gasteiger partial charge is 0.457 e. The molecule has 236 valence electrons. The highest BCUT2D eigenvalue weighted by Crippen LogP contribution is 2.34. The minimum Gasteiger partial charge on any atom is -0.457 e. The van der Waals surface area contributed by atoms with Crippen LogP contribution in [0.5, 0.6) is 11.5 Å². The molecule has 0 aliphatic carbocycles. The maximum absolute atomic E-state index is 6.92. The Morgan fingerprint density at radius 3 is 1.09 bits per heavy atom. The third-order valence-corrected chi connectivity index (χ3v) is 8.37. The zero-order chi connectivity index (χ0) is 31.9. The van der Waals surface area contributed by atoms with E-state index in [4.69, 9.17) is 14.2 Å². The third kappa shape index (κ3) is 9.52. The van der Waals surface area contributed by atoms with Gasteiger partial charge in [-0.1, -0.05) is 146 Å². The van der Waals surface area contributed by atoms with Crippen LogP contribution in [-0.4, -0.2) is 13.2 Å². The molecule has 0 aromatic heterocycles. The molecule has 0 aliphatic rings. The second kappa shape index (κ2) is 17.1. The minimum atomic E-state index is 0.590. The second-order valence-corrected chi connectivity index (χ2v) is 11.8. The summed E-state index contributed by atoms with van der Waals surface area (Å²) in [6.45, 7) is 2.38. The molecule has 0 bridgehead atoms. The first kappa shape index (κ1) is 32.0. The second-order valence-electron chi connectivity index (χ2n) is 11.8. The first-order chi connectivity index (χ1) is 23.3. The molecule has 47 heavy (non-hydrogen) atoms. The summed E-state index contributed by atoms with van der Waals surface area (Å²) >= 11 is 0. The van der Waals surface area contributed by atoms with Gasteiger partial charge < -0.3 is 14.2 Å². The van der Waals surface area contributed by atoms with E-state index in [2.05, 4.69) is 146 Å². The monoisotopic (exact) mass is 618 g/mol. The highest BCUT2D eigenvalue weighted by molar-refractivity contribution is 5.49. The maximum atomic E-state index is 6.92. The maximum Gasteiger partial charge on any atom is 0.131 e. The number of benzene rings is 6. The quantitative estimate of drug-likeness (QED) is 0.101. The summed E-state index contributed by atoms with van der Waals surface area (Å²) in [5.74, 6) is 1.76. The number of ether oxygens (including phenoxy) is 3. The van der Waals surface area contributed by atoms with Crippen molar-refractivity contribution in [2.75, 3.05) is 13.2 Å². The Kier molecular flexibility index (Phi) is 11.6. The lowest BCUT2D eigenvalue weighted by atomic mass is 9.96. The van der Waals surface area contributed by atoms with E-state index in [9.17, 15) is 0 Å². The molecule has 3 nitrogen and oxygen atoms in total. The predicted octanol–water partition coefficient (Wildman–Crippen LogP) is 10.2. The molecule has 6 rings (SSSR count). The van der Waals surface area contributed by atoms with E-state index in [1.807, 2.05) is 12.1 Å². The van der Waals surface area contributed by atoms with Crippen molar-refractivity contribution in [2.45, 2.75) is 38.9 Å². The Morgan fingerprint density at radius 1 is 0.340 bits per heavy atom. The SMILES string of the molecule is c1ccc(COCCc2c(Cc3ccccc3)cccc2Oc2cccc(Cc3ccccc3)c2CCOCc2ccccc2)cc1. The Labute approximate surface area is 279 Å². The van der Waals surface area contributed by atoms with Gasteiger partial charge in [-0.2, -0.15) is 0 Å². The molecule has 0 fully saturated rings. The lowest BCUT2D eigenvalue weighted by molar-refractivity contribution is 0.123. The van der Waals surface area contributed by atoms with E-state index in [0.29, 0.717) is 26.4 Å². The summed E-state index contributed by atoms with van der Waals surface area (Å²) in [4.78, 5) is 0. The zero-order valence-electron chi connectivity index (χ0n) is 26.9. The zero-order valence-corrected chi connectivity index (χ0v) is 26.9. The van der Waals surface area contributed by atoms with Crippen LogP contribution in [0, 0.1) is 0 Å². The predicted molar refractivity (Wildman–Crippen MR) is 191 cm³/mol. The van der Waals surface area contributed by atoms with E-state index in [0.717, 1.165) is 37.2 Å². The van der Waals surface area contributed by atoms with Gasteiger partial charge in [-0.25, -0.2) is 0 Å².